The maximum Gasteiger partial charge on any atom is 0.399 e. The van der Waals surface area contributed by atoms with E-state index in [-0.39, 0.29) is 86.8 Å². The average molecular weight is 1310 g/mol. The van der Waals surface area contributed by atoms with E-state index in [4.69, 9.17) is 9.47 Å². The first-order valence-corrected chi connectivity index (χ1v) is 33.7. The number of fused-ring (bicyclic) bond motifs is 1. The van der Waals surface area contributed by atoms with Gasteiger partial charge in [-0.05, 0) is 77.8 Å². The molecule has 5 heterocycles. The number of aromatic nitrogens is 1. The molecule has 3 aromatic carbocycles. The molecule has 90 heavy (non-hydrogen) atoms. The first-order chi connectivity index (χ1) is 42.4. The number of unbranched alkanes of at least 4 members (excludes halogenated alkanes) is 4. The van der Waals surface area contributed by atoms with Gasteiger partial charge in [0.25, 0.3) is 5.91 Å². The number of hydrogen-bond donors (Lipinski definition) is 7. The highest BCUT2D eigenvalue weighted by atomic mass is 32.1. The van der Waals surface area contributed by atoms with Crippen molar-refractivity contribution in [2.75, 3.05) is 45.9 Å². The molecular weight excluding hydrogens is 1220 g/mol. The second-order valence-electron chi connectivity index (χ2n) is 25.7. The fourth-order valence-electron chi connectivity index (χ4n) is 11.5. The molecule has 2 aromatic heterocycles. The Hall–Kier alpha value is -6.57. The van der Waals surface area contributed by atoms with E-state index in [2.05, 4.69) is 26.3 Å². The van der Waals surface area contributed by atoms with Gasteiger partial charge in [-0.15, -0.1) is 22.7 Å². The van der Waals surface area contributed by atoms with E-state index in [0.717, 1.165) is 63.6 Å². The molecule has 8 atom stereocenters. The summed E-state index contributed by atoms with van der Waals surface area (Å²) in [7, 11) is -5.87. The number of thiophene rings is 1. The molecule has 5 aromatic rings. The van der Waals surface area contributed by atoms with Crippen LogP contribution < -0.4 is 21.3 Å². The number of thiazole rings is 1. The first-order valence-electron chi connectivity index (χ1n) is 30.4. The summed E-state index contributed by atoms with van der Waals surface area (Å²) < 4.78 is 53.4. The smallest absolute Gasteiger partial charge is 0.391 e. The molecule has 8 rings (SSSR count). The van der Waals surface area contributed by atoms with Gasteiger partial charge in [-0.2, -0.15) is 8.78 Å². The van der Waals surface area contributed by atoms with E-state index in [1.165, 1.54) is 21.9 Å². The highest BCUT2D eigenvalue weighted by molar-refractivity contribution is 7.52. The summed E-state index contributed by atoms with van der Waals surface area (Å²) in [6.07, 6.45) is 1.57. The summed E-state index contributed by atoms with van der Waals surface area (Å²) in [5, 5.41) is 22.5. The molecule has 0 aliphatic carbocycles. The lowest BCUT2D eigenvalue weighted by Gasteiger charge is -2.38. The number of carbonyl (C=O) groups excluding carboxylic acids is 7. The number of ether oxygens (including phenoxy) is 2. The molecule has 7 N–H and O–H groups in total. The number of carbonyl (C=O) groups is 7. The van der Waals surface area contributed by atoms with Crippen LogP contribution >= 0.6 is 30.3 Å². The van der Waals surface area contributed by atoms with Crippen LogP contribution in [0.25, 0.3) is 20.5 Å². The predicted molar refractivity (Wildman–Crippen MR) is 337 cm³/mol. The highest BCUT2D eigenvalue weighted by Crippen LogP contribution is 2.59. The summed E-state index contributed by atoms with van der Waals surface area (Å²) in [4.78, 5) is 127. The number of rotatable bonds is 24. The van der Waals surface area contributed by atoms with Crippen molar-refractivity contribution in [3.63, 3.8) is 0 Å². The summed E-state index contributed by atoms with van der Waals surface area (Å²) >= 11 is 2.49. The van der Waals surface area contributed by atoms with Crippen molar-refractivity contribution in [3.05, 3.63) is 112 Å². The van der Waals surface area contributed by atoms with Crippen LogP contribution in [0.15, 0.2) is 84.4 Å². The largest absolute Gasteiger partial charge is 0.399 e. The Kier molecular flexibility index (Phi) is 22.6. The molecule has 3 fully saturated rings. The molecular formula is C64H83F2N8O13PS2. The monoisotopic (exact) mass is 1300 g/mol. The van der Waals surface area contributed by atoms with Gasteiger partial charge in [-0.3, -0.25) is 38.1 Å². The van der Waals surface area contributed by atoms with Crippen molar-refractivity contribution in [1.29, 1.82) is 0 Å². The number of aryl methyl sites for hydroxylation is 1. The minimum absolute atomic E-state index is 0.0405. The zero-order valence-electron chi connectivity index (χ0n) is 52.0. The van der Waals surface area contributed by atoms with Crippen LogP contribution in [0.2, 0.25) is 0 Å². The third-order valence-corrected chi connectivity index (χ3v) is 19.7. The Bertz CT molecular complexity index is 3420. The number of hydrogen-bond acceptors (Lipinski definition) is 14. The first kappa shape index (κ1) is 69.3. The minimum Gasteiger partial charge on any atom is -0.391 e. The lowest BCUT2D eigenvalue weighted by atomic mass is 9.85. The van der Waals surface area contributed by atoms with Crippen LogP contribution in [-0.2, 0) is 48.5 Å². The Morgan fingerprint density at radius 3 is 2.10 bits per heavy atom. The van der Waals surface area contributed by atoms with Crippen LogP contribution in [0.5, 0.6) is 0 Å². The number of benzene rings is 3. The van der Waals surface area contributed by atoms with E-state index in [1.54, 1.807) is 42.5 Å². The molecule has 0 spiro atoms. The number of amides is 7. The number of halogens is 2. The van der Waals surface area contributed by atoms with Crippen molar-refractivity contribution < 1.29 is 71.3 Å². The topological polar surface area (TPSA) is 286 Å². The van der Waals surface area contributed by atoms with Gasteiger partial charge in [0.2, 0.25) is 35.4 Å². The SMILES string of the molecule is Cc1ncsc1-c1ccc([C@H](C)NC(=O)[C@@H]2C[C@@H](O)CN2C(=O)[C@@H](NC(=O)CCCCCCCNC(=O)CO[C@H]2C[C@@H](C(=O)N3CCO[C@H](c4ccccc4)C3)N(C(=O)[C@@H](NC(=O)c3cc4cc(C(F)(F)P(=O)(O)O)ccc4s3)C(C)(C)C)C2)C(C)(C)C)cc1. The molecule has 7 amide bonds. The molecule has 21 nitrogen and oxygen atoms in total. The lowest BCUT2D eigenvalue weighted by molar-refractivity contribution is -0.150. The van der Waals surface area contributed by atoms with Gasteiger partial charge in [-0.25, -0.2) is 4.98 Å². The van der Waals surface area contributed by atoms with Gasteiger partial charge in [-0.1, -0.05) is 121 Å². The van der Waals surface area contributed by atoms with E-state index in [9.17, 15) is 61.8 Å². The number of β-amino-alcohol motifs (C(OH)–C–C–N with tert-alkyl or cyclic N) is 1. The number of nitrogens with zero attached hydrogens (tertiary/aromatic N) is 4. The van der Waals surface area contributed by atoms with Crippen LogP contribution in [0.3, 0.4) is 0 Å². The fourth-order valence-corrected chi connectivity index (χ4v) is 13.7. The summed E-state index contributed by atoms with van der Waals surface area (Å²) in [6, 6.07) is 17.1. The zero-order chi connectivity index (χ0) is 65.5. The van der Waals surface area contributed by atoms with Crippen molar-refractivity contribution in [1.82, 2.24) is 41.0 Å². The van der Waals surface area contributed by atoms with Crippen molar-refractivity contribution in [3.8, 4) is 10.4 Å². The standard InChI is InChI=1S/C64H83F2N8O13PS2/c1-38(40-20-22-42(23-21-40)54-39(2)68-37-89-54)69-57(78)47-31-45(75)33-73(47)60(81)55(62(3,4)5)70-52(76)19-15-10-9-11-16-26-67-53(77)36-87-46-32-48(59(80)72-27-28-86-49(35-72)41-17-13-12-14-18-41)74(34-46)61(82)56(63(6,7)8)71-58(79)51-30-43-29-44(24-25-50(43)90-51)64(65,66)88(83,84)85/h12-14,17-18,20-25,29-30,37-38,45-49,55-56,75H,9-11,15-16,19,26-28,31-36H2,1-8H3,(H,67,77)(H,69,78)(H,70,76)(H,71,79)(H2,83,84,85)/t38-,45+,46-,47-,48-,49-,55+,56+/m0/s1. The minimum atomic E-state index is -5.87. The second-order valence-corrected chi connectivity index (χ2v) is 29.3. The number of aliphatic hydroxyl groups is 1. The van der Waals surface area contributed by atoms with E-state index < -0.39 is 102 Å². The van der Waals surface area contributed by atoms with Gasteiger partial charge in [0.05, 0.1) is 52.4 Å². The molecule has 0 saturated carbocycles. The van der Waals surface area contributed by atoms with Crippen LogP contribution in [0.4, 0.5) is 8.78 Å². The molecule has 0 bridgehead atoms. The molecule has 0 unspecified atom stereocenters. The molecule has 26 heteroatoms. The van der Waals surface area contributed by atoms with Gasteiger partial charge >= 0.3 is 13.3 Å². The number of aliphatic hydroxyl groups excluding tert-OH is 1. The van der Waals surface area contributed by atoms with E-state index in [1.807, 2.05) is 89.2 Å². The molecule has 488 valence electrons. The van der Waals surface area contributed by atoms with Crippen molar-refractivity contribution in [2.45, 2.75) is 161 Å². The normalized spacial score (nSPS) is 20.1. The average Bonchev–Trinajstić information content (AvgIpc) is 1.90. The summed E-state index contributed by atoms with van der Waals surface area (Å²) in [5.74, 6) is -3.21. The number of likely N-dealkylation sites (tertiary alicyclic amines) is 2. The lowest BCUT2D eigenvalue weighted by Crippen LogP contribution is -2.58. The van der Waals surface area contributed by atoms with E-state index in [0.29, 0.717) is 30.5 Å². The molecule has 3 aliphatic heterocycles. The van der Waals surface area contributed by atoms with Crippen LogP contribution in [0, 0.1) is 17.8 Å². The number of morpholine rings is 1. The van der Waals surface area contributed by atoms with Gasteiger partial charge in [0.15, 0.2) is 0 Å². The zero-order valence-corrected chi connectivity index (χ0v) is 54.6. The number of nitrogens with one attached hydrogen (secondary N) is 4. The van der Waals surface area contributed by atoms with Gasteiger partial charge in [0.1, 0.15) is 36.9 Å². The summed E-state index contributed by atoms with van der Waals surface area (Å²) in [6.45, 7) is 15.1. The number of alkyl halides is 2. The fraction of sp³-hybridized carbons (Fsp3) is 0.531. The van der Waals surface area contributed by atoms with E-state index >= 15 is 0 Å². The Balaban J connectivity index is 0.803. The molecule has 3 aliphatic rings. The van der Waals surface area contributed by atoms with Crippen molar-refractivity contribution >= 4 is 81.7 Å². The van der Waals surface area contributed by atoms with Gasteiger partial charge in [0, 0.05) is 55.7 Å². The van der Waals surface area contributed by atoms with Gasteiger partial charge < -0.3 is 60.3 Å². The maximum atomic E-state index is 14.9. The predicted octanol–water partition coefficient (Wildman–Crippen LogP) is 8.12. The quantitative estimate of drug-likeness (QED) is 0.0227. The Morgan fingerprint density at radius 1 is 0.789 bits per heavy atom. The Morgan fingerprint density at radius 2 is 1.44 bits per heavy atom. The molecule has 3 saturated heterocycles. The third-order valence-electron chi connectivity index (χ3n) is 16.6. The summed E-state index contributed by atoms with van der Waals surface area (Å²) in [5.41, 5.74) is -1.54. The highest BCUT2D eigenvalue weighted by Gasteiger charge is 2.51. The second kappa shape index (κ2) is 29.4. The van der Waals surface area contributed by atoms with Crippen LogP contribution in [0.1, 0.15) is 144 Å². The molecule has 0 radical (unpaired) electrons. The Labute approximate surface area is 531 Å². The third kappa shape index (κ3) is 17.1. The van der Waals surface area contributed by atoms with Crippen molar-refractivity contribution in [2.24, 2.45) is 10.8 Å². The maximum absolute atomic E-state index is 14.9. The van der Waals surface area contributed by atoms with Crippen LogP contribution in [-0.4, -0.2) is 158 Å².